The van der Waals surface area contributed by atoms with Gasteiger partial charge in [-0.2, -0.15) is 0 Å². The number of aromatic nitrogens is 1. The second-order valence-corrected chi connectivity index (χ2v) is 12.3. The number of nitrogens with one attached hydrogen (secondary N) is 2. The van der Waals surface area contributed by atoms with Crippen molar-refractivity contribution in [3.63, 3.8) is 0 Å². The molecule has 0 radical (unpaired) electrons. The summed E-state index contributed by atoms with van der Waals surface area (Å²) in [6.07, 6.45) is 0. The Kier molecular flexibility index (Phi) is 7.99. The Morgan fingerprint density at radius 3 is 1.68 bits per heavy atom. The van der Waals surface area contributed by atoms with Gasteiger partial charge in [-0.15, -0.1) is 0 Å². The summed E-state index contributed by atoms with van der Waals surface area (Å²) in [5.41, 5.74) is 11.3. The van der Waals surface area contributed by atoms with Crippen LogP contribution in [0.4, 0.5) is 17.1 Å². The standard InChI is InChI=1S/C45H34N4O/c1-31-16-23-39(24-17-31)49-42-15-9-8-14-40(42)41-30-35(22-29-43(41)49)32-18-25-37(26-19-32)48(36-12-6-3-7-13-36)38-27-20-34(21-28-38)45(47)50-44(46)33-10-4-2-5-11-33/h2-30,46-47H,1H3. The lowest BCUT2D eigenvalue weighted by Crippen LogP contribution is -2.13. The van der Waals surface area contributed by atoms with Gasteiger partial charge in [-0.05, 0) is 109 Å². The fourth-order valence-corrected chi connectivity index (χ4v) is 6.52. The summed E-state index contributed by atoms with van der Waals surface area (Å²) >= 11 is 0. The number of hydrogen-bond acceptors (Lipinski definition) is 4. The van der Waals surface area contributed by atoms with Crippen LogP contribution < -0.4 is 4.90 Å². The van der Waals surface area contributed by atoms with Gasteiger partial charge in [-0.3, -0.25) is 10.8 Å². The van der Waals surface area contributed by atoms with E-state index >= 15 is 0 Å². The molecule has 0 aliphatic rings. The highest BCUT2D eigenvalue weighted by molar-refractivity contribution is 6.10. The molecule has 0 bridgehead atoms. The molecule has 50 heavy (non-hydrogen) atoms. The molecule has 0 saturated carbocycles. The largest absolute Gasteiger partial charge is 0.421 e. The van der Waals surface area contributed by atoms with Crippen LogP contribution in [0, 0.1) is 17.7 Å². The summed E-state index contributed by atoms with van der Waals surface area (Å²) in [4.78, 5) is 2.20. The second-order valence-electron chi connectivity index (χ2n) is 12.3. The van der Waals surface area contributed by atoms with E-state index < -0.39 is 0 Å². The van der Waals surface area contributed by atoms with Gasteiger partial charge < -0.3 is 14.2 Å². The number of anilines is 3. The van der Waals surface area contributed by atoms with Crippen LogP contribution in [0.25, 0.3) is 38.6 Å². The van der Waals surface area contributed by atoms with Gasteiger partial charge >= 0.3 is 0 Å². The van der Waals surface area contributed by atoms with Crippen LogP contribution >= 0.6 is 0 Å². The quantitative estimate of drug-likeness (QED) is 0.134. The highest BCUT2D eigenvalue weighted by Gasteiger charge is 2.16. The number of para-hydroxylation sites is 2. The van der Waals surface area contributed by atoms with Crippen molar-refractivity contribution in [1.82, 2.24) is 4.57 Å². The normalized spacial score (nSPS) is 11.1. The van der Waals surface area contributed by atoms with Crippen LogP contribution in [0.1, 0.15) is 16.7 Å². The van der Waals surface area contributed by atoms with E-state index in [1.54, 1.807) is 12.1 Å². The molecule has 1 heterocycles. The molecule has 1 aromatic heterocycles. The predicted octanol–water partition coefficient (Wildman–Crippen LogP) is 11.6. The number of fused-ring (bicyclic) bond motifs is 3. The lowest BCUT2D eigenvalue weighted by molar-refractivity contribution is 0.538. The van der Waals surface area contributed by atoms with Gasteiger partial charge in [-0.1, -0.05) is 90.5 Å². The maximum Gasteiger partial charge on any atom is 0.221 e. The van der Waals surface area contributed by atoms with Gasteiger partial charge in [0.05, 0.1) is 11.0 Å². The van der Waals surface area contributed by atoms with Gasteiger partial charge in [0, 0.05) is 44.6 Å². The molecule has 5 heteroatoms. The third-order valence-corrected chi connectivity index (χ3v) is 9.07. The molecular formula is C45H34N4O. The Labute approximate surface area is 291 Å². The lowest BCUT2D eigenvalue weighted by atomic mass is 10.0. The highest BCUT2D eigenvalue weighted by Crippen LogP contribution is 2.38. The van der Waals surface area contributed by atoms with Crippen molar-refractivity contribution in [2.24, 2.45) is 0 Å². The Balaban J connectivity index is 1.11. The maximum atomic E-state index is 8.49. The predicted molar refractivity (Wildman–Crippen MR) is 207 cm³/mol. The van der Waals surface area contributed by atoms with Crippen molar-refractivity contribution in [3.8, 4) is 16.8 Å². The van der Waals surface area contributed by atoms with Crippen LogP contribution in [0.5, 0.6) is 0 Å². The zero-order valence-electron chi connectivity index (χ0n) is 27.5. The Bertz CT molecular complexity index is 2470. The molecule has 8 rings (SSSR count). The van der Waals surface area contributed by atoms with E-state index in [0.717, 1.165) is 33.9 Å². The maximum absolute atomic E-state index is 8.49. The molecule has 2 N–H and O–H groups in total. The summed E-state index contributed by atoms with van der Waals surface area (Å²) in [6.45, 7) is 2.12. The van der Waals surface area contributed by atoms with Crippen LogP contribution in [-0.4, -0.2) is 16.4 Å². The van der Waals surface area contributed by atoms with Crippen LogP contribution in [0.3, 0.4) is 0 Å². The molecule has 8 aromatic rings. The number of nitrogens with zero attached hydrogens (tertiary/aromatic N) is 2. The average molecular weight is 647 g/mol. The van der Waals surface area contributed by atoms with E-state index in [9.17, 15) is 0 Å². The van der Waals surface area contributed by atoms with Crippen molar-refractivity contribution < 1.29 is 4.74 Å². The molecule has 240 valence electrons. The van der Waals surface area contributed by atoms with Crippen molar-refractivity contribution in [3.05, 3.63) is 193 Å². The van der Waals surface area contributed by atoms with Crippen LogP contribution in [0.15, 0.2) is 176 Å². The summed E-state index contributed by atoms with van der Waals surface area (Å²) in [5.74, 6) is -0.123. The molecule has 5 nitrogen and oxygen atoms in total. The van der Waals surface area contributed by atoms with Crippen molar-refractivity contribution in [2.45, 2.75) is 6.92 Å². The first-order chi connectivity index (χ1) is 24.5. The van der Waals surface area contributed by atoms with E-state index in [-0.39, 0.29) is 11.8 Å². The zero-order valence-corrected chi connectivity index (χ0v) is 27.5. The van der Waals surface area contributed by atoms with E-state index in [1.807, 2.05) is 60.7 Å². The fourth-order valence-electron chi connectivity index (χ4n) is 6.52. The minimum atomic E-state index is -0.0695. The Morgan fingerprint density at radius 2 is 1.00 bits per heavy atom. The van der Waals surface area contributed by atoms with E-state index in [2.05, 4.69) is 120 Å². The first-order valence-electron chi connectivity index (χ1n) is 16.6. The average Bonchev–Trinajstić information content (AvgIpc) is 3.50. The minimum Gasteiger partial charge on any atom is -0.421 e. The van der Waals surface area contributed by atoms with Gasteiger partial charge in [0.1, 0.15) is 0 Å². The molecule has 0 fully saturated rings. The number of hydrogen-bond donors (Lipinski definition) is 2. The molecule has 0 spiro atoms. The zero-order chi connectivity index (χ0) is 34.0. The summed E-state index contributed by atoms with van der Waals surface area (Å²) in [7, 11) is 0. The summed E-state index contributed by atoms with van der Waals surface area (Å²) in [6, 6.07) is 59.9. The number of aryl methyl sites for hydroxylation is 1. The van der Waals surface area contributed by atoms with Crippen LogP contribution in [-0.2, 0) is 4.74 Å². The first-order valence-corrected chi connectivity index (χ1v) is 16.6. The molecular weight excluding hydrogens is 613 g/mol. The smallest absolute Gasteiger partial charge is 0.221 e. The van der Waals surface area contributed by atoms with E-state index in [4.69, 9.17) is 15.6 Å². The highest BCUT2D eigenvalue weighted by atomic mass is 16.5. The number of ether oxygens (including phenoxy) is 1. The van der Waals surface area contributed by atoms with Gasteiger partial charge in [0.2, 0.25) is 11.8 Å². The van der Waals surface area contributed by atoms with Crippen molar-refractivity contribution in [1.29, 1.82) is 10.8 Å². The number of rotatable bonds is 7. The fraction of sp³-hybridized carbons (Fsp3) is 0.0222. The van der Waals surface area contributed by atoms with Gasteiger partial charge in [-0.25, -0.2) is 0 Å². The Hall–Kier alpha value is -6.72. The molecule has 0 aliphatic carbocycles. The Morgan fingerprint density at radius 1 is 0.480 bits per heavy atom. The first kappa shape index (κ1) is 30.6. The molecule has 0 atom stereocenters. The van der Waals surface area contributed by atoms with Gasteiger partial charge in [0.15, 0.2) is 0 Å². The van der Waals surface area contributed by atoms with Crippen LogP contribution in [0.2, 0.25) is 0 Å². The molecule has 0 unspecified atom stereocenters. The minimum absolute atomic E-state index is 0.0538. The topological polar surface area (TPSA) is 65.1 Å². The van der Waals surface area contributed by atoms with E-state index in [1.165, 1.54) is 27.4 Å². The van der Waals surface area contributed by atoms with E-state index in [0.29, 0.717) is 11.1 Å². The number of benzene rings is 7. The molecule has 0 amide bonds. The monoisotopic (exact) mass is 646 g/mol. The summed E-state index contributed by atoms with van der Waals surface area (Å²) < 4.78 is 7.93. The van der Waals surface area contributed by atoms with Gasteiger partial charge in [0.25, 0.3) is 0 Å². The molecule has 0 aliphatic heterocycles. The SMILES string of the molecule is Cc1ccc(-n2c3ccccc3c3cc(-c4ccc(N(c5ccccc5)c5ccc(C(=N)OC(=N)c6ccccc6)cc5)cc4)ccc32)cc1. The second kappa shape index (κ2) is 13.1. The summed E-state index contributed by atoms with van der Waals surface area (Å²) in [5, 5.41) is 19.2. The third kappa shape index (κ3) is 5.82. The van der Waals surface area contributed by atoms with Crippen molar-refractivity contribution >= 4 is 50.7 Å². The molecule has 7 aromatic carbocycles. The lowest BCUT2D eigenvalue weighted by Gasteiger charge is -2.26. The molecule has 0 saturated heterocycles. The van der Waals surface area contributed by atoms with Crippen molar-refractivity contribution in [2.75, 3.05) is 4.90 Å². The third-order valence-electron chi connectivity index (χ3n) is 9.07.